The van der Waals surface area contributed by atoms with Crippen LogP contribution in [0.15, 0.2) is 29.4 Å². The molecule has 0 N–H and O–H groups in total. The van der Waals surface area contributed by atoms with E-state index in [1.54, 1.807) is 11.8 Å². The van der Waals surface area contributed by atoms with E-state index in [0.29, 0.717) is 10.9 Å². The number of amides is 1. The number of carbonyl (C=O) groups is 1. The summed E-state index contributed by atoms with van der Waals surface area (Å²) in [6.45, 7) is 8.39. The highest BCUT2D eigenvalue weighted by atomic mass is 32.2. The van der Waals surface area contributed by atoms with E-state index in [1.165, 1.54) is 11.8 Å². The molecule has 0 aliphatic carbocycles. The Kier molecular flexibility index (Phi) is 7.44. The summed E-state index contributed by atoms with van der Waals surface area (Å²) in [4.78, 5) is 14.8. The SMILES string of the molecule is CC[C@@H](C)N(C(=O)CSc1nnnn1-c1ccc(OC)cc1)[C@@H](C)CC. The van der Waals surface area contributed by atoms with Crippen LogP contribution in [-0.2, 0) is 4.79 Å². The minimum atomic E-state index is 0.114. The molecule has 26 heavy (non-hydrogen) atoms. The second kappa shape index (κ2) is 9.56. The van der Waals surface area contributed by atoms with E-state index in [4.69, 9.17) is 4.74 Å². The molecule has 1 amide bonds. The Morgan fingerprint density at radius 1 is 1.19 bits per heavy atom. The van der Waals surface area contributed by atoms with Crippen molar-refractivity contribution < 1.29 is 9.53 Å². The van der Waals surface area contributed by atoms with Crippen molar-refractivity contribution in [2.45, 2.75) is 57.8 Å². The van der Waals surface area contributed by atoms with Gasteiger partial charge in [0, 0.05) is 12.1 Å². The van der Waals surface area contributed by atoms with Gasteiger partial charge in [-0.15, -0.1) is 5.10 Å². The van der Waals surface area contributed by atoms with Crippen LogP contribution in [0.5, 0.6) is 5.75 Å². The monoisotopic (exact) mass is 377 g/mol. The number of nitrogens with zero attached hydrogens (tertiary/aromatic N) is 5. The van der Waals surface area contributed by atoms with Gasteiger partial charge in [-0.3, -0.25) is 4.79 Å². The Morgan fingerprint density at radius 2 is 1.81 bits per heavy atom. The third-order valence-electron chi connectivity index (χ3n) is 4.50. The molecule has 0 radical (unpaired) electrons. The first-order chi connectivity index (χ1) is 12.5. The zero-order valence-corrected chi connectivity index (χ0v) is 16.9. The smallest absolute Gasteiger partial charge is 0.233 e. The zero-order chi connectivity index (χ0) is 19.1. The maximum Gasteiger partial charge on any atom is 0.233 e. The van der Waals surface area contributed by atoms with Gasteiger partial charge in [-0.1, -0.05) is 25.6 Å². The van der Waals surface area contributed by atoms with Crippen molar-refractivity contribution in [2.75, 3.05) is 12.9 Å². The van der Waals surface area contributed by atoms with Gasteiger partial charge in [0.2, 0.25) is 11.1 Å². The number of carbonyl (C=O) groups excluding carboxylic acids is 1. The highest BCUT2D eigenvalue weighted by molar-refractivity contribution is 7.99. The third kappa shape index (κ3) is 4.75. The van der Waals surface area contributed by atoms with E-state index in [0.717, 1.165) is 24.3 Å². The Balaban J connectivity index is 2.09. The molecule has 0 unspecified atom stereocenters. The number of ether oxygens (including phenoxy) is 1. The van der Waals surface area contributed by atoms with E-state index in [2.05, 4.69) is 43.2 Å². The van der Waals surface area contributed by atoms with Crippen LogP contribution in [0.4, 0.5) is 0 Å². The first-order valence-corrected chi connectivity index (χ1v) is 9.87. The summed E-state index contributed by atoms with van der Waals surface area (Å²) in [5, 5.41) is 12.4. The molecule has 1 aromatic carbocycles. The lowest BCUT2D eigenvalue weighted by atomic mass is 10.1. The van der Waals surface area contributed by atoms with Crippen LogP contribution in [0.1, 0.15) is 40.5 Å². The summed E-state index contributed by atoms with van der Waals surface area (Å²) in [6, 6.07) is 7.90. The molecule has 1 aromatic heterocycles. The van der Waals surface area contributed by atoms with Gasteiger partial charge in [0.15, 0.2) is 0 Å². The average Bonchev–Trinajstić information content (AvgIpc) is 3.14. The molecule has 2 atom stereocenters. The van der Waals surface area contributed by atoms with Gasteiger partial charge in [0.25, 0.3) is 0 Å². The van der Waals surface area contributed by atoms with Gasteiger partial charge in [0.05, 0.1) is 18.6 Å². The second-order valence-electron chi connectivity index (χ2n) is 6.18. The van der Waals surface area contributed by atoms with Crippen LogP contribution in [0, 0.1) is 0 Å². The number of tetrazole rings is 1. The number of benzene rings is 1. The van der Waals surface area contributed by atoms with E-state index in [-0.39, 0.29) is 18.0 Å². The number of hydrogen-bond acceptors (Lipinski definition) is 6. The molecule has 8 heteroatoms. The highest BCUT2D eigenvalue weighted by Gasteiger charge is 2.24. The average molecular weight is 378 g/mol. The van der Waals surface area contributed by atoms with Crippen LogP contribution < -0.4 is 4.74 Å². The molecule has 2 aromatic rings. The Hall–Kier alpha value is -2.09. The maximum atomic E-state index is 12.8. The molecule has 0 aliphatic rings. The predicted molar refractivity (Wildman–Crippen MR) is 103 cm³/mol. The lowest BCUT2D eigenvalue weighted by molar-refractivity contribution is -0.132. The first-order valence-electron chi connectivity index (χ1n) is 8.88. The molecule has 142 valence electrons. The number of thioether (sulfide) groups is 1. The normalized spacial score (nSPS) is 13.3. The summed E-state index contributed by atoms with van der Waals surface area (Å²) in [5.41, 5.74) is 0.825. The van der Waals surface area contributed by atoms with Crippen LogP contribution >= 0.6 is 11.8 Å². The van der Waals surface area contributed by atoms with E-state index in [9.17, 15) is 4.79 Å². The van der Waals surface area contributed by atoms with Crippen molar-refractivity contribution in [3.05, 3.63) is 24.3 Å². The van der Waals surface area contributed by atoms with Gasteiger partial charge in [-0.2, -0.15) is 4.68 Å². The molecule has 7 nitrogen and oxygen atoms in total. The molecule has 0 spiro atoms. The van der Waals surface area contributed by atoms with E-state index in [1.807, 2.05) is 29.2 Å². The first kappa shape index (κ1) is 20.2. The Morgan fingerprint density at radius 3 is 2.35 bits per heavy atom. The summed E-state index contributed by atoms with van der Waals surface area (Å²) in [5.74, 6) is 1.19. The van der Waals surface area contributed by atoms with Gasteiger partial charge in [0.1, 0.15) is 5.75 Å². The standard InChI is InChI=1S/C18H27N5O2S/c1-6-13(3)22(14(4)7-2)17(24)12-26-18-19-20-21-23(18)15-8-10-16(25-5)11-9-15/h8-11,13-14H,6-7,12H2,1-5H3/t13-,14+. The van der Waals surface area contributed by atoms with Crippen molar-refractivity contribution in [3.8, 4) is 11.4 Å². The lowest BCUT2D eigenvalue weighted by Gasteiger charge is -2.34. The summed E-state index contributed by atoms with van der Waals surface area (Å²) in [7, 11) is 1.62. The number of aromatic nitrogens is 4. The fourth-order valence-corrected chi connectivity index (χ4v) is 3.43. The van der Waals surface area contributed by atoms with Crippen LogP contribution in [0.3, 0.4) is 0 Å². The molecule has 0 fully saturated rings. The van der Waals surface area contributed by atoms with Gasteiger partial charge in [-0.25, -0.2) is 0 Å². The largest absolute Gasteiger partial charge is 0.497 e. The quantitative estimate of drug-likeness (QED) is 0.625. The topological polar surface area (TPSA) is 73.1 Å². The molecule has 1 heterocycles. The molecule has 0 saturated carbocycles. The maximum absolute atomic E-state index is 12.8. The molecular weight excluding hydrogens is 350 g/mol. The van der Waals surface area contributed by atoms with Crippen LogP contribution in [0.2, 0.25) is 0 Å². The van der Waals surface area contributed by atoms with Crippen molar-refractivity contribution in [1.29, 1.82) is 0 Å². The molecule has 0 bridgehead atoms. The van der Waals surface area contributed by atoms with E-state index >= 15 is 0 Å². The van der Waals surface area contributed by atoms with Crippen molar-refractivity contribution in [3.63, 3.8) is 0 Å². The summed E-state index contributed by atoms with van der Waals surface area (Å²) < 4.78 is 6.80. The highest BCUT2D eigenvalue weighted by Crippen LogP contribution is 2.22. The summed E-state index contributed by atoms with van der Waals surface area (Å²) in [6.07, 6.45) is 1.87. The predicted octanol–water partition coefficient (Wildman–Crippen LogP) is 3.19. The second-order valence-corrected chi connectivity index (χ2v) is 7.12. The number of methoxy groups -OCH3 is 1. The van der Waals surface area contributed by atoms with Crippen LogP contribution in [-0.4, -0.2) is 56.0 Å². The number of hydrogen-bond donors (Lipinski definition) is 0. The fraction of sp³-hybridized carbons (Fsp3) is 0.556. The molecular formula is C18H27N5O2S. The molecule has 2 rings (SSSR count). The zero-order valence-electron chi connectivity index (χ0n) is 16.0. The van der Waals surface area contributed by atoms with Crippen molar-refractivity contribution in [1.82, 2.24) is 25.1 Å². The van der Waals surface area contributed by atoms with E-state index < -0.39 is 0 Å². The van der Waals surface area contributed by atoms with Crippen LogP contribution in [0.25, 0.3) is 5.69 Å². The fourth-order valence-electron chi connectivity index (χ4n) is 2.67. The minimum absolute atomic E-state index is 0.114. The Bertz CT molecular complexity index is 694. The van der Waals surface area contributed by atoms with Gasteiger partial charge < -0.3 is 9.64 Å². The van der Waals surface area contributed by atoms with Gasteiger partial charge >= 0.3 is 0 Å². The van der Waals surface area contributed by atoms with Gasteiger partial charge in [-0.05, 0) is 61.4 Å². The third-order valence-corrected chi connectivity index (χ3v) is 5.41. The Labute approximate surface area is 159 Å². The minimum Gasteiger partial charge on any atom is -0.497 e. The molecule has 0 saturated heterocycles. The number of rotatable bonds is 9. The lowest BCUT2D eigenvalue weighted by Crippen LogP contribution is -2.45. The summed E-state index contributed by atoms with van der Waals surface area (Å²) >= 11 is 1.36. The van der Waals surface area contributed by atoms with Crippen molar-refractivity contribution >= 4 is 17.7 Å². The molecule has 0 aliphatic heterocycles. The van der Waals surface area contributed by atoms with Crippen molar-refractivity contribution in [2.24, 2.45) is 0 Å².